The van der Waals surface area contributed by atoms with Crippen molar-refractivity contribution < 1.29 is 8.83 Å². The fourth-order valence-electron chi connectivity index (χ4n) is 12.9. The Morgan fingerprint density at radius 1 is 0.395 bits per heavy atom. The van der Waals surface area contributed by atoms with Crippen molar-refractivity contribution in [3.63, 3.8) is 0 Å². The molecule has 2 aromatic heterocycles. The third kappa shape index (κ3) is 7.85. The van der Waals surface area contributed by atoms with Crippen LogP contribution in [0.2, 0.25) is 0 Å². The number of furan rings is 2. The summed E-state index contributed by atoms with van der Waals surface area (Å²) in [5.41, 5.74) is 16.1. The number of fused-ring (bicyclic) bond motifs is 6. The first-order valence-electron chi connectivity index (χ1n) is 28.1. The Labute approximate surface area is 448 Å². The highest BCUT2D eigenvalue weighted by Gasteiger charge is 2.31. The molecule has 1 aliphatic carbocycles. The summed E-state index contributed by atoms with van der Waals surface area (Å²) in [4.78, 5) is 4.98. The number of hydrogen-bond acceptors (Lipinski definition) is 4. The molecule has 1 aliphatic rings. The maximum atomic E-state index is 7.32. The van der Waals surface area contributed by atoms with Crippen molar-refractivity contribution in [1.29, 1.82) is 0 Å². The van der Waals surface area contributed by atoms with Crippen LogP contribution in [0.3, 0.4) is 0 Å². The van der Waals surface area contributed by atoms with E-state index in [0.717, 1.165) is 78.0 Å². The van der Waals surface area contributed by atoms with E-state index in [-0.39, 0.29) is 10.8 Å². The summed E-state index contributed by atoms with van der Waals surface area (Å²) in [6, 6.07) is 62.4. The van der Waals surface area contributed by atoms with Gasteiger partial charge in [0.25, 0.3) is 0 Å². The van der Waals surface area contributed by atoms with Crippen LogP contribution in [0.15, 0.2) is 173 Å². The standard InChI is InChI=1S/C72H70N2O2/c1-43(2)45-28-34-51(35-29-45)73(61-26-16-22-55-53-20-14-24-59(71(5,6)7)67(53)75-69(55)61)63-42-64(58-39-33-49-41-50(47-18-12-11-13-19-47)40-48-32-38-57(63)66(58)65(48)49)74(52-36-30-46(31-37-52)44(3)4)62-27-17-23-56-54-21-15-25-60(72(8,9)10)68(54)76-70(56)62/h14-17,20-44,47H,11-13,18-19H2,1-10H3. The van der Waals surface area contributed by atoms with Crippen molar-refractivity contribution >= 4 is 110 Å². The van der Waals surface area contributed by atoms with Crippen molar-refractivity contribution in [3.8, 4) is 0 Å². The molecule has 4 heteroatoms. The van der Waals surface area contributed by atoms with Gasteiger partial charge in [-0.05, 0) is 117 Å². The zero-order valence-corrected chi connectivity index (χ0v) is 46.1. The largest absolute Gasteiger partial charge is 0.454 e. The van der Waals surface area contributed by atoms with E-state index in [2.05, 4.69) is 243 Å². The molecule has 0 spiro atoms. The average molecular weight is 995 g/mol. The third-order valence-corrected chi connectivity index (χ3v) is 17.0. The van der Waals surface area contributed by atoms with E-state index in [0.29, 0.717) is 17.8 Å². The predicted molar refractivity (Wildman–Crippen MR) is 325 cm³/mol. The topological polar surface area (TPSA) is 32.8 Å². The minimum absolute atomic E-state index is 0.119. The number of hydrogen-bond donors (Lipinski definition) is 0. The van der Waals surface area contributed by atoms with Crippen molar-refractivity contribution in [2.45, 2.75) is 130 Å². The van der Waals surface area contributed by atoms with Crippen molar-refractivity contribution in [2.24, 2.45) is 0 Å². The van der Waals surface area contributed by atoms with E-state index in [4.69, 9.17) is 8.83 Å². The van der Waals surface area contributed by atoms with Crippen LogP contribution in [0.5, 0.6) is 0 Å². The number of nitrogens with zero attached hydrogens (tertiary/aromatic N) is 2. The molecule has 0 atom stereocenters. The average Bonchev–Trinajstić information content (AvgIpc) is 4.16. The van der Waals surface area contributed by atoms with E-state index in [9.17, 15) is 0 Å². The normalized spacial score (nSPS) is 14.1. The first-order valence-corrected chi connectivity index (χ1v) is 28.1. The summed E-state index contributed by atoms with van der Waals surface area (Å²) in [7, 11) is 0. The molecule has 4 nitrogen and oxygen atoms in total. The van der Waals surface area contributed by atoms with Gasteiger partial charge in [0, 0.05) is 60.2 Å². The zero-order valence-electron chi connectivity index (χ0n) is 46.1. The molecule has 13 rings (SSSR count). The predicted octanol–water partition coefficient (Wildman–Crippen LogP) is 22.2. The van der Waals surface area contributed by atoms with Gasteiger partial charge >= 0.3 is 0 Å². The highest BCUT2D eigenvalue weighted by molar-refractivity contribution is 6.29. The van der Waals surface area contributed by atoms with Crippen LogP contribution in [0, 0.1) is 0 Å². The maximum Gasteiger partial charge on any atom is 0.159 e. The third-order valence-electron chi connectivity index (χ3n) is 17.0. The summed E-state index contributed by atoms with van der Waals surface area (Å²) in [6.07, 6.45) is 6.45. The Morgan fingerprint density at radius 2 is 0.803 bits per heavy atom. The Balaban J connectivity index is 1.17. The molecule has 10 aromatic carbocycles. The minimum Gasteiger partial charge on any atom is -0.454 e. The van der Waals surface area contributed by atoms with Gasteiger partial charge in [0.1, 0.15) is 11.2 Å². The fourth-order valence-corrected chi connectivity index (χ4v) is 12.9. The molecule has 12 aromatic rings. The number of rotatable bonds is 9. The SMILES string of the molecule is CC(C)c1ccc(N(c2cc(N(c3ccc(C(C)C)cc3)c3cccc4c3oc3c(C(C)(C)C)cccc34)c3ccc4cc(C5CCCCC5)cc5ccc2c3c54)c2cccc3c2oc2c(C(C)(C)C)cccc23)cc1. The van der Waals surface area contributed by atoms with E-state index < -0.39 is 0 Å². The monoisotopic (exact) mass is 995 g/mol. The van der Waals surface area contributed by atoms with E-state index >= 15 is 0 Å². The highest BCUT2D eigenvalue weighted by atomic mass is 16.3. The molecule has 0 N–H and O–H groups in total. The molecule has 2 heterocycles. The lowest BCUT2D eigenvalue weighted by Crippen LogP contribution is -2.15. The highest BCUT2D eigenvalue weighted by Crippen LogP contribution is 2.54. The van der Waals surface area contributed by atoms with Crippen molar-refractivity contribution in [3.05, 3.63) is 192 Å². The molecule has 76 heavy (non-hydrogen) atoms. The lowest BCUT2D eigenvalue weighted by atomic mass is 9.82. The molecule has 380 valence electrons. The molecule has 0 aliphatic heterocycles. The minimum atomic E-state index is -0.119. The summed E-state index contributed by atoms with van der Waals surface area (Å²) in [5.74, 6) is 1.35. The lowest BCUT2D eigenvalue weighted by molar-refractivity contribution is 0.444. The molecular weight excluding hydrogens is 925 g/mol. The zero-order chi connectivity index (χ0) is 52.4. The van der Waals surface area contributed by atoms with Gasteiger partial charge in [-0.1, -0.05) is 210 Å². The maximum absolute atomic E-state index is 7.32. The molecule has 0 bridgehead atoms. The molecule has 0 amide bonds. The van der Waals surface area contributed by atoms with Crippen LogP contribution in [0.4, 0.5) is 34.1 Å². The molecular formula is C72H70N2O2. The van der Waals surface area contributed by atoms with Gasteiger partial charge in [0.15, 0.2) is 11.2 Å². The van der Waals surface area contributed by atoms with Crippen LogP contribution >= 0.6 is 0 Å². The van der Waals surface area contributed by atoms with E-state index in [1.807, 2.05) is 0 Å². The Morgan fingerprint density at radius 3 is 1.21 bits per heavy atom. The van der Waals surface area contributed by atoms with Crippen LogP contribution in [-0.2, 0) is 10.8 Å². The number of para-hydroxylation sites is 4. The van der Waals surface area contributed by atoms with Crippen LogP contribution in [0.25, 0.3) is 76.2 Å². The lowest BCUT2D eigenvalue weighted by Gasteiger charge is -2.32. The second-order valence-electron chi connectivity index (χ2n) is 24.7. The van der Waals surface area contributed by atoms with Gasteiger partial charge in [0.05, 0.1) is 22.7 Å². The van der Waals surface area contributed by atoms with Crippen molar-refractivity contribution in [1.82, 2.24) is 0 Å². The van der Waals surface area contributed by atoms with E-state index in [1.54, 1.807) is 0 Å². The van der Waals surface area contributed by atoms with Gasteiger partial charge in [-0.3, -0.25) is 0 Å². The smallest absolute Gasteiger partial charge is 0.159 e. The van der Waals surface area contributed by atoms with Gasteiger partial charge < -0.3 is 18.6 Å². The summed E-state index contributed by atoms with van der Waals surface area (Å²) in [6.45, 7) is 22.8. The Bertz CT molecular complexity index is 3910. The first kappa shape index (κ1) is 48.1. The fraction of sp³-hybridized carbons (Fsp3) is 0.278. The van der Waals surface area contributed by atoms with Crippen LogP contribution < -0.4 is 9.80 Å². The van der Waals surface area contributed by atoms with Crippen LogP contribution in [0.1, 0.15) is 147 Å². The van der Waals surface area contributed by atoms with Gasteiger partial charge in [-0.2, -0.15) is 0 Å². The van der Waals surface area contributed by atoms with Crippen molar-refractivity contribution in [2.75, 3.05) is 9.80 Å². The molecule has 1 fully saturated rings. The quantitative estimate of drug-likeness (QED) is 0.135. The summed E-state index contributed by atoms with van der Waals surface area (Å²) >= 11 is 0. The number of anilines is 6. The van der Waals surface area contributed by atoms with E-state index in [1.165, 1.54) is 92.2 Å². The Hall–Kier alpha value is -7.56. The first-order chi connectivity index (χ1) is 36.6. The van der Waals surface area contributed by atoms with Crippen LogP contribution in [-0.4, -0.2) is 0 Å². The molecule has 1 saturated carbocycles. The molecule has 0 radical (unpaired) electrons. The molecule has 0 saturated heterocycles. The summed E-state index contributed by atoms with van der Waals surface area (Å²) in [5, 5.41) is 12.0. The Kier molecular flexibility index (Phi) is 11.4. The second-order valence-corrected chi connectivity index (χ2v) is 24.7. The molecule has 0 unspecified atom stereocenters. The second kappa shape index (κ2) is 18.0. The van der Waals surface area contributed by atoms with Gasteiger partial charge in [-0.15, -0.1) is 0 Å². The summed E-state index contributed by atoms with van der Waals surface area (Å²) < 4.78 is 14.6. The van der Waals surface area contributed by atoms with Gasteiger partial charge in [-0.25, -0.2) is 0 Å². The van der Waals surface area contributed by atoms with Gasteiger partial charge in [0.2, 0.25) is 0 Å². The number of benzene rings is 10.